The average molecular weight is 205 g/mol. The second-order valence-electron chi connectivity index (χ2n) is 3.02. The van der Waals surface area contributed by atoms with Crippen molar-refractivity contribution >= 4 is 11.7 Å². The maximum atomic E-state index is 11.3. The molecule has 3 nitrogen and oxygen atoms in total. The zero-order valence-electron chi connectivity index (χ0n) is 9.20. The summed E-state index contributed by atoms with van der Waals surface area (Å²) in [5, 5.41) is 3.06. The summed E-state index contributed by atoms with van der Waals surface area (Å²) < 4.78 is 4.66. The molecule has 0 aliphatic rings. The lowest BCUT2D eigenvalue weighted by molar-refractivity contribution is 0.0600. The minimum atomic E-state index is -0.316. The number of carbonyl (C=O) groups is 1. The van der Waals surface area contributed by atoms with Crippen molar-refractivity contribution in [3.8, 4) is 0 Å². The fraction of sp³-hybridized carbons (Fsp3) is 0.250. The van der Waals surface area contributed by atoms with Crippen LogP contribution < -0.4 is 5.32 Å². The first-order chi connectivity index (χ1) is 7.22. The Morgan fingerprint density at radius 2 is 2.07 bits per heavy atom. The van der Waals surface area contributed by atoms with Crippen LogP contribution in [0.5, 0.6) is 0 Å². The molecule has 0 atom stereocenters. The Morgan fingerprint density at radius 3 is 2.60 bits per heavy atom. The minimum absolute atomic E-state index is 0.316. The smallest absolute Gasteiger partial charge is 0.337 e. The highest BCUT2D eigenvalue weighted by Crippen LogP contribution is 2.13. The molecule has 0 saturated heterocycles. The van der Waals surface area contributed by atoms with Crippen LogP contribution in [0.4, 0.5) is 0 Å². The summed E-state index contributed by atoms with van der Waals surface area (Å²) in [6, 6.07) is 7.32. The highest BCUT2D eigenvalue weighted by molar-refractivity contribution is 5.90. The van der Waals surface area contributed by atoms with Crippen molar-refractivity contribution in [1.82, 2.24) is 5.32 Å². The van der Waals surface area contributed by atoms with Crippen molar-refractivity contribution in [2.24, 2.45) is 0 Å². The zero-order chi connectivity index (χ0) is 11.3. The van der Waals surface area contributed by atoms with Gasteiger partial charge in [0.25, 0.3) is 0 Å². The van der Waals surface area contributed by atoms with Crippen molar-refractivity contribution in [3.05, 3.63) is 41.5 Å². The summed E-state index contributed by atoms with van der Waals surface area (Å²) in [5.74, 6) is -0.316. The average Bonchev–Trinajstić information content (AvgIpc) is 2.30. The molecule has 1 rings (SSSR count). The summed E-state index contributed by atoms with van der Waals surface area (Å²) in [6.07, 6.45) is 1.95. The lowest BCUT2D eigenvalue weighted by Crippen LogP contribution is -2.06. The molecule has 0 aliphatic carbocycles. The molecule has 0 aromatic heterocycles. The molecule has 0 spiro atoms. The van der Waals surface area contributed by atoms with Crippen LogP contribution in [0.25, 0.3) is 5.70 Å². The van der Waals surface area contributed by atoms with Crippen LogP contribution in [-0.4, -0.2) is 20.1 Å². The summed E-state index contributed by atoms with van der Waals surface area (Å²) >= 11 is 0. The maximum absolute atomic E-state index is 11.3. The van der Waals surface area contributed by atoms with Gasteiger partial charge in [-0.2, -0.15) is 0 Å². The lowest BCUT2D eigenvalue weighted by atomic mass is 10.1. The van der Waals surface area contributed by atoms with Crippen LogP contribution in [-0.2, 0) is 4.74 Å². The molecule has 1 aromatic carbocycles. The summed E-state index contributed by atoms with van der Waals surface area (Å²) in [6.45, 7) is 1.94. The first kappa shape index (κ1) is 11.3. The fourth-order valence-electron chi connectivity index (χ4n) is 1.39. The number of esters is 1. The molecular formula is C12H15NO2. The Morgan fingerprint density at radius 1 is 1.40 bits per heavy atom. The molecule has 0 heterocycles. The number of rotatable bonds is 3. The number of carbonyl (C=O) groups excluding carboxylic acids is 1. The first-order valence-electron chi connectivity index (χ1n) is 4.75. The Bertz CT molecular complexity index is 383. The van der Waals surface area contributed by atoms with Crippen LogP contribution in [0.1, 0.15) is 22.8 Å². The van der Waals surface area contributed by atoms with E-state index in [0.717, 1.165) is 11.3 Å². The third-order valence-electron chi connectivity index (χ3n) is 2.15. The van der Waals surface area contributed by atoms with E-state index in [0.29, 0.717) is 5.56 Å². The van der Waals surface area contributed by atoms with Crippen molar-refractivity contribution < 1.29 is 9.53 Å². The molecule has 1 N–H and O–H groups in total. The molecular weight excluding hydrogens is 190 g/mol. The molecule has 0 aliphatic heterocycles. The van der Waals surface area contributed by atoms with E-state index in [1.165, 1.54) is 7.11 Å². The lowest BCUT2D eigenvalue weighted by Gasteiger charge is -2.07. The highest BCUT2D eigenvalue weighted by Gasteiger charge is 2.06. The predicted molar refractivity (Wildman–Crippen MR) is 60.5 cm³/mol. The van der Waals surface area contributed by atoms with E-state index in [9.17, 15) is 4.79 Å². The van der Waals surface area contributed by atoms with Crippen molar-refractivity contribution in [2.45, 2.75) is 6.92 Å². The minimum Gasteiger partial charge on any atom is -0.465 e. The number of ether oxygens (including phenoxy) is 1. The fourth-order valence-corrected chi connectivity index (χ4v) is 1.39. The monoisotopic (exact) mass is 205 g/mol. The second-order valence-corrected chi connectivity index (χ2v) is 3.02. The van der Waals surface area contributed by atoms with Gasteiger partial charge in [0.2, 0.25) is 0 Å². The van der Waals surface area contributed by atoms with E-state index in [-0.39, 0.29) is 5.97 Å². The molecule has 15 heavy (non-hydrogen) atoms. The molecule has 1 aromatic rings. The van der Waals surface area contributed by atoms with Gasteiger partial charge in [-0.3, -0.25) is 0 Å². The first-order valence-corrected chi connectivity index (χ1v) is 4.75. The number of methoxy groups -OCH3 is 1. The number of nitrogens with one attached hydrogen (secondary N) is 1. The molecule has 0 radical (unpaired) electrons. The van der Waals surface area contributed by atoms with Gasteiger partial charge < -0.3 is 10.1 Å². The molecule has 3 heteroatoms. The van der Waals surface area contributed by atoms with Gasteiger partial charge in [0, 0.05) is 12.7 Å². The Hall–Kier alpha value is -1.77. The largest absolute Gasteiger partial charge is 0.465 e. The standard InChI is InChI=1S/C12H15NO2/c1-4-11(13-2)9-6-5-7-10(8-9)12(14)15-3/h4-8,13H,1-3H3/b11-4-. The normalized spacial score (nSPS) is 11.0. The molecule has 0 fully saturated rings. The molecule has 0 saturated carbocycles. The summed E-state index contributed by atoms with van der Waals surface area (Å²) in [4.78, 5) is 11.3. The van der Waals surface area contributed by atoms with Crippen LogP contribution in [0.2, 0.25) is 0 Å². The Labute approximate surface area is 89.8 Å². The van der Waals surface area contributed by atoms with Crippen molar-refractivity contribution in [1.29, 1.82) is 0 Å². The van der Waals surface area contributed by atoms with Crippen LogP contribution in [0.15, 0.2) is 30.3 Å². The number of hydrogen-bond acceptors (Lipinski definition) is 3. The van der Waals surface area contributed by atoms with Gasteiger partial charge in [-0.25, -0.2) is 4.79 Å². The third-order valence-corrected chi connectivity index (χ3v) is 2.15. The van der Waals surface area contributed by atoms with Crippen LogP contribution in [0, 0.1) is 0 Å². The zero-order valence-corrected chi connectivity index (χ0v) is 9.20. The molecule has 80 valence electrons. The van der Waals surface area contributed by atoms with E-state index in [2.05, 4.69) is 10.1 Å². The van der Waals surface area contributed by atoms with Crippen LogP contribution in [0.3, 0.4) is 0 Å². The predicted octanol–water partition coefficient (Wildman–Crippen LogP) is 2.05. The second kappa shape index (κ2) is 5.20. The number of allylic oxidation sites excluding steroid dienone is 1. The SMILES string of the molecule is C/C=C(\NC)c1cccc(C(=O)OC)c1. The number of hydrogen-bond donors (Lipinski definition) is 1. The summed E-state index contributed by atoms with van der Waals surface area (Å²) in [5.41, 5.74) is 2.52. The Kier molecular flexibility index (Phi) is 3.92. The van der Waals surface area contributed by atoms with Gasteiger partial charge in [-0.1, -0.05) is 18.2 Å². The topological polar surface area (TPSA) is 38.3 Å². The van der Waals surface area contributed by atoms with Crippen molar-refractivity contribution in [3.63, 3.8) is 0 Å². The van der Waals surface area contributed by atoms with Gasteiger partial charge in [-0.05, 0) is 24.6 Å². The van der Waals surface area contributed by atoms with Gasteiger partial charge in [0.15, 0.2) is 0 Å². The van der Waals surface area contributed by atoms with Crippen molar-refractivity contribution in [2.75, 3.05) is 14.2 Å². The number of benzene rings is 1. The van der Waals surface area contributed by atoms with Crippen LogP contribution >= 0.6 is 0 Å². The van der Waals surface area contributed by atoms with E-state index in [1.807, 2.05) is 32.2 Å². The van der Waals surface area contributed by atoms with E-state index in [4.69, 9.17) is 0 Å². The quantitative estimate of drug-likeness (QED) is 0.767. The van der Waals surface area contributed by atoms with E-state index < -0.39 is 0 Å². The maximum Gasteiger partial charge on any atom is 0.337 e. The van der Waals surface area contributed by atoms with Gasteiger partial charge in [-0.15, -0.1) is 0 Å². The van der Waals surface area contributed by atoms with Gasteiger partial charge >= 0.3 is 5.97 Å². The van der Waals surface area contributed by atoms with E-state index >= 15 is 0 Å². The van der Waals surface area contributed by atoms with Gasteiger partial charge in [0.1, 0.15) is 0 Å². The molecule has 0 amide bonds. The van der Waals surface area contributed by atoms with Gasteiger partial charge in [0.05, 0.1) is 12.7 Å². The van der Waals surface area contributed by atoms with E-state index in [1.54, 1.807) is 12.1 Å². The molecule has 0 unspecified atom stereocenters. The highest BCUT2D eigenvalue weighted by atomic mass is 16.5. The third kappa shape index (κ3) is 2.59. The summed E-state index contributed by atoms with van der Waals surface area (Å²) in [7, 11) is 3.23. The molecule has 0 bridgehead atoms. The Balaban J connectivity index is 3.07.